The molecule has 68 valence electrons. The fourth-order valence-corrected chi connectivity index (χ4v) is 0.780. The second-order valence-electron chi connectivity index (χ2n) is 2.26. The Morgan fingerprint density at radius 1 is 1.33 bits per heavy atom. The topological polar surface area (TPSA) is 24.9 Å². The molecule has 0 aliphatic carbocycles. The number of aromatic nitrogens is 1. The molecule has 1 rings (SSSR count). The van der Waals surface area contributed by atoms with Gasteiger partial charge in [0.1, 0.15) is 0 Å². The van der Waals surface area contributed by atoms with E-state index in [-0.39, 0.29) is 0 Å². The lowest BCUT2D eigenvalue weighted by Crippen LogP contribution is -2.13. The summed E-state index contributed by atoms with van der Waals surface area (Å²) in [6.07, 6.45) is 1.81. The van der Waals surface area contributed by atoms with Crippen LogP contribution in [0, 0.1) is 0 Å². The van der Waals surface area contributed by atoms with E-state index < -0.39 is 0 Å². The summed E-state index contributed by atoms with van der Waals surface area (Å²) in [5.41, 5.74) is 1.09. The van der Waals surface area contributed by atoms with E-state index in [1.165, 1.54) is 0 Å². The lowest BCUT2D eigenvalue weighted by atomic mass is 10.2. The maximum absolute atomic E-state index is 4.19. The molecule has 1 N–H and O–H groups in total. The molecular formula is C10H18N2. The van der Waals surface area contributed by atoms with Crippen molar-refractivity contribution in [2.75, 3.05) is 7.05 Å². The SMILES string of the molecule is CC.CNC(C)c1ccccn1. The van der Waals surface area contributed by atoms with Crippen LogP contribution in [0.3, 0.4) is 0 Å². The van der Waals surface area contributed by atoms with Crippen LogP contribution in [0.15, 0.2) is 24.4 Å². The maximum atomic E-state index is 4.19. The van der Waals surface area contributed by atoms with E-state index in [1.54, 1.807) is 0 Å². The van der Waals surface area contributed by atoms with E-state index >= 15 is 0 Å². The van der Waals surface area contributed by atoms with Crippen molar-refractivity contribution in [2.24, 2.45) is 0 Å². The summed E-state index contributed by atoms with van der Waals surface area (Å²) in [7, 11) is 1.93. The molecule has 1 aromatic heterocycles. The molecule has 1 unspecified atom stereocenters. The van der Waals surface area contributed by atoms with Gasteiger partial charge in [0.25, 0.3) is 0 Å². The Kier molecular flexibility index (Phi) is 6.29. The van der Waals surface area contributed by atoms with Crippen molar-refractivity contribution < 1.29 is 0 Å². The van der Waals surface area contributed by atoms with Crippen LogP contribution in [-0.4, -0.2) is 12.0 Å². The van der Waals surface area contributed by atoms with E-state index in [1.807, 2.05) is 45.3 Å². The van der Waals surface area contributed by atoms with E-state index in [9.17, 15) is 0 Å². The highest BCUT2D eigenvalue weighted by Gasteiger charge is 1.99. The van der Waals surface area contributed by atoms with E-state index in [4.69, 9.17) is 0 Å². The zero-order valence-electron chi connectivity index (χ0n) is 8.33. The van der Waals surface area contributed by atoms with Gasteiger partial charge in [-0.2, -0.15) is 0 Å². The zero-order valence-corrected chi connectivity index (χ0v) is 8.33. The molecule has 12 heavy (non-hydrogen) atoms. The lowest BCUT2D eigenvalue weighted by molar-refractivity contribution is 0.633. The summed E-state index contributed by atoms with van der Waals surface area (Å²) >= 11 is 0. The van der Waals surface area contributed by atoms with Gasteiger partial charge < -0.3 is 5.32 Å². The van der Waals surface area contributed by atoms with Gasteiger partial charge in [-0.15, -0.1) is 0 Å². The van der Waals surface area contributed by atoms with Crippen molar-refractivity contribution in [2.45, 2.75) is 26.8 Å². The molecule has 0 aliphatic heterocycles. The van der Waals surface area contributed by atoms with Crippen LogP contribution in [0.2, 0.25) is 0 Å². The van der Waals surface area contributed by atoms with Crippen LogP contribution in [0.5, 0.6) is 0 Å². The van der Waals surface area contributed by atoms with Gasteiger partial charge in [0.05, 0.1) is 5.69 Å². The average Bonchev–Trinajstić information content (AvgIpc) is 2.21. The minimum Gasteiger partial charge on any atom is -0.312 e. The fraction of sp³-hybridized carbons (Fsp3) is 0.500. The highest BCUT2D eigenvalue weighted by molar-refractivity contribution is 5.07. The number of pyridine rings is 1. The number of hydrogen-bond acceptors (Lipinski definition) is 2. The Morgan fingerprint density at radius 3 is 2.42 bits per heavy atom. The average molecular weight is 166 g/mol. The fourth-order valence-electron chi connectivity index (χ4n) is 0.780. The minimum atomic E-state index is 0.348. The van der Waals surface area contributed by atoms with Gasteiger partial charge in [0.2, 0.25) is 0 Å². The van der Waals surface area contributed by atoms with Gasteiger partial charge in [0.15, 0.2) is 0 Å². The molecule has 0 bridgehead atoms. The van der Waals surface area contributed by atoms with Crippen molar-refractivity contribution in [3.8, 4) is 0 Å². The molecule has 0 amide bonds. The standard InChI is InChI=1S/C8H12N2.C2H6/c1-7(9-2)8-5-3-4-6-10-8;1-2/h3-7,9H,1-2H3;1-2H3. The number of hydrogen-bond donors (Lipinski definition) is 1. The molecule has 2 nitrogen and oxygen atoms in total. The summed E-state index contributed by atoms with van der Waals surface area (Å²) in [4.78, 5) is 4.19. The van der Waals surface area contributed by atoms with E-state index in [2.05, 4.69) is 17.2 Å². The summed E-state index contributed by atoms with van der Waals surface area (Å²) in [6.45, 7) is 6.09. The molecule has 1 atom stereocenters. The third-order valence-corrected chi connectivity index (χ3v) is 1.56. The summed E-state index contributed by atoms with van der Waals surface area (Å²) < 4.78 is 0. The number of rotatable bonds is 2. The Hall–Kier alpha value is -0.890. The summed E-state index contributed by atoms with van der Waals surface area (Å²) in [5.74, 6) is 0. The van der Waals surface area contributed by atoms with Crippen LogP contribution in [0.4, 0.5) is 0 Å². The normalized spacial score (nSPS) is 11.3. The second-order valence-corrected chi connectivity index (χ2v) is 2.26. The quantitative estimate of drug-likeness (QED) is 0.729. The Labute approximate surface area is 75.0 Å². The van der Waals surface area contributed by atoms with Crippen LogP contribution in [-0.2, 0) is 0 Å². The smallest absolute Gasteiger partial charge is 0.0570 e. The van der Waals surface area contributed by atoms with Crippen LogP contribution >= 0.6 is 0 Å². The third kappa shape index (κ3) is 3.49. The summed E-state index contributed by atoms with van der Waals surface area (Å²) in [5, 5.41) is 3.12. The molecule has 0 spiro atoms. The first kappa shape index (κ1) is 11.1. The molecule has 0 radical (unpaired) electrons. The first-order chi connectivity index (χ1) is 5.84. The van der Waals surface area contributed by atoms with Gasteiger partial charge in [-0.25, -0.2) is 0 Å². The van der Waals surface area contributed by atoms with Crippen molar-refractivity contribution in [3.63, 3.8) is 0 Å². The van der Waals surface area contributed by atoms with Gasteiger partial charge >= 0.3 is 0 Å². The third-order valence-electron chi connectivity index (χ3n) is 1.56. The molecule has 0 fully saturated rings. The highest BCUT2D eigenvalue weighted by atomic mass is 14.9. The number of nitrogens with one attached hydrogen (secondary N) is 1. The largest absolute Gasteiger partial charge is 0.312 e. The highest BCUT2D eigenvalue weighted by Crippen LogP contribution is 2.05. The van der Waals surface area contributed by atoms with Crippen molar-refractivity contribution in [1.82, 2.24) is 10.3 Å². The van der Waals surface area contributed by atoms with E-state index in [0.29, 0.717) is 6.04 Å². The van der Waals surface area contributed by atoms with Crippen LogP contribution in [0.25, 0.3) is 0 Å². The molecule has 0 aromatic carbocycles. The Balaban J connectivity index is 0.000000561. The zero-order chi connectivity index (χ0) is 9.40. The molecular weight excluding hydrogens is 148 g/mol. The molecule has 0 saturated carbocycles. The number of nitrogens with zero attached hydrogens (tertiary/aromatic N) is 1. The molecule has 1 heterocycles. The Bertz CT molecular complexity index is 184. The van der Waals surface area contributed by atoms with Crippen molar-refractivity contribution in [3.05, 3.63) is 30.1 Å². The van der Waals surface area contributed by atoms with Crippen molar-refractivity contribution in [1.29, 1.82) is 0 Å². The molecule has 0 aliphatic rings. The van der Waals surface area contributed by atoms with E-state index in [0.717, 1.165) is 5.69 Å². The van der Waals surface area contributed by atoms with Crippen molar-refractivity contribution >= 4 is 0 Å². The Morgan fingerprint density at radius 2 is 2.00 bits per heavy atom. The molecule has 1 aromatic rings. The summed E-state index contributed by atoms with van der Waals surface area (Å²) in [6, 6.07) is 6.28. The van der Waals surface area contributed by atoms with Gasteiger partial charge in [-0.05, 0) is 26.1 Å². The van der Waals surface area contributed by atoms with Crippen LogP contribution < -0.4 is 5.32 Å². The first-order valence-electron chi connectivity index (χ1n) is 4.43. The predicted octanol–water partition coefficient (Wildman–Crippen LogP) is 2.39. The maximum Gasteiger partial charge on any atom is 0.0570 e. The van der Waals surface area contributed by atoms with Gasteiger partial charge in [-0.1, -0.05) is 19.9 Å². The lowest BCUT2D eigenvalue weighted by Gasteiger charge is -2.07. The second kappa shape index (κ2) is 6.80. The van der Waals surface area contributed by atoms with Crippen LogP contribution in [0.1, 0.15) is 32.5 Å². The first-order valence-corrected chi connectivity index (χ1v) is 4.43. The monoisotopic (exact) mass is 166 g/mol. The predicted molar refractivity (Wildman–Crippen MR) is 53.1 cm³/mol. The minimum absolute atomic E-state index is 0.348. The molecule has 2 heteroatoms. The molecule has 0 saturated heterocycles. The van der Waals surface area contributed by atoms with Gasteiger partial charge in [-0.3, -0.25) is 4.98 Å². The van der Waals surface area contributed by atoms with Gasteiger partial charge in [0, 0.05) is 12.2 Å².